The van der Waals surface area contributed by atoms with E-state index in [9.17, 15) is 14.7 Å². The van der Waals surface area contributed by atoms with E-state index < -0.39 is 12.0 Å². The van der Waals surface area contributed by atoms with Gasteiger partial charge in [0, 0.05) is 0 Å². The lowest BCUT2D eigenvalue weighted by atomic mass is 10.0. The van der Waals surface area contributed by atoms with Crippen molar-refractivity contribution in [2.24, 2.45) is 0 Å². The Morgan fingerprint density at radius 2 is 2.04 bits per heavy atom. The number of nitrogens with one attached hydrogen (secondary N) is 1. The zero-order valence-electron chi connectivity index (χ0n) is 14.1. The Kier molecular flexibility index (Phi) is 5.77. The van der Waals surface area contributed by atoms with Crippen LogP contribution in [0.15, 0.2) is 18.2 Å². The van der Waals surface area contributed by atoms with E-state index in [4.69, 9.17) is 0 Å². The van der Waals surface area contributed by atoms with Crippen LogP contribution in [0.1, 0.15) is 48.9 Å². The van der Waals surface area contributed by atoms with Gasteiger partial charge in [-0.05, 0) is 56.8 Å². The average Bonchev–Trinajstić information content (AvgIpc) is 2.50. The number of hydrogen-bond acceptors (Lipinski definition) is 3. The van der Waals surface area contributed by atoms with Crippen molar-refractivity contribution < 1.29 is 14.7 Å². The number of aliphatic carboxylic acids is 1. The first-order valence-corrected chi connectivity index (χ1v) is 8.22. The lowest BCUT2D eigenvalue weighted by molar-refractivity contribution is -0.145. The predicted molar refractivity (Wildman–Crippen MR) is 89.3 cm³/mol. The molecule has 1 saturated heterocycles. The summed E-state index contributed by atoms with van der Waals surface area (Å²) in [5, 5.41) is 12.2. The summed E-state index contributed by atoms with van der Waals surface area (Å²) in [6.07, 6.45) is 2.48. The summed E-state index contributed by atoms with van der Waals surface area (Å²) >= 11 is 0. The van der Waals surface area contributed by atoms with Crippen LogP contribution in [0.25, 0.3) is 0 Å². The standard InChI is InChI=1S/C18H26N2O3/c1-12-7-8-15(10-13(12)2)14(3)19-17(21)11-20-9-5-4-6-16(20)18(22)23/h7-8,10,14,16H,4-6,9,11H2,1-3H3,(H,19,21)(H,22,23). The van der Waals surface area contributed by atoms with E-state index in [0.29, 0.717) is 13.0 Å². The molecule has 0 radical (unpaired) electrons. The van der Waals surface area contributed by atoms with Crippen molar-refractivity contribution in [3.05, 3.63) is 34.9 Å². The van der Waals surface area contributed by atoms with Crippen LogP contribution in [0.2, 0.25) is 0 Å². The van der Waals surface area contributed by atoms with Crippen molar-refractivity contribution in [1.82, 2.24) is 10.2 Å². The quantitative estimate of drug-likeness (QED) is 0.875. The van der Waals surface area contributed by atoms with Gasteiger partial charge < -0.3 is 10.4 Å². The number of likely N-dealkylation sites (tertiary alicyclic amines) is 1. The molecule has 1 amide bonds. The predicted octanol–water partition coefficient (Wildman–Crippen LogP) is 2.42. The number of hydrogen-bond donors (Lipinski definition) is 2. The zero-order chi connectivity index (χ0) is 17.0. The number of carboxylic acids is 1. The van der Waals surface area contributed by atoms with Gasteiger partial charge in [0.2, 0.25) is 5.91 Å². The Morgan fingerprint density at radius 3 is 2.70 bits per heavy atom. The maximum absolute atomic E-state index is 12.3. The molecule has 2 atom stereocenters. The van der Waals surface area contributed by atoms with Gasteiger partial charge in [-0.1, -0.05) is 24.6 Å². The normalized spacial score (nSPS) is 20.0. The van der Waals surface area contributed by atoms with Gasteiger partial charge in [-0.15, -0.1) is 0 Å². The molecular formula is C18H26N2O3. The summed E-state index contributed by atoms with van der Waals surface area (Å²) in [5.41, 5.74) is 3.49. The topological polar surface area (TPSA) is 69.6 Å². The number of benzene rings is 1. The van der Waals surface area contributed by atoms with Crippen LogP contribution in [0.3, 0.4) is 0 Å². The fourth-order valence-electron chi connectivity index (χ4n) is 3.05. The van der Waals surface area contributed by atoms with Crippen molar-refractivity contribution in [1.29, 1.82) is 0 Å². The Bertz CT molecular complexity index is 586. The fourth-order valence-corrected chi connectivity index (χ4v) is 3.05. The van der Waals surface area contributed by atoms with Crippen LogP contribution in [0, 0.1) is 13.8 Å². The summed E-state index contributed by atoms with van der Waals surface area (Å²) in [6.45, 7) is 6.88. The summed E-state index contributed by atoms with van der Waals surface area (Å²) < 4.78 is 0. The minimum atomic E-state index is -0.834. The van der Waals surface area contributed by atoms with Crippen molar-refractivity contribution >= 4 is 11.9 Å². The Labute approximate surface area is 137 Å². The maximum atomic E-state index is 12.3. The van der Waals surface area contributed by atoms with E-state index in [2.05, 4.69) is 31.3 Å². The lowest BCUT2D eigenvalue weighted by Gasteiger charge is -2.32. The number of piperidine rings is 1. The van der Waals surface area contributed by atoms with Crippen molar-refractivity contribution in [2.75, 3.05) is 13.1 Å². The largest absolute Gasteiger partial charge is 0.480 e. The minimum Gasteiger partial charge on any atom is -0.480 e. The average molecular weight is 318 g/mol. The summed E-state index contributed by atoms with van der Waals surface area (Å²) in [6, 6.07) is 5.54. The second-order valence-electron chi connectivity index (χ2n) is 6.45. The molecule has 2 N–H and O–H groups in total. The molecule has 126 valence electrons. The molecule has 1 fully saturated rings. The van der Waals surface area contributed by atoms with E-state index in [1.165, 1.54) is 11.1 Å². The summed E-state index contributed by atoms with van der Waals surface area (Å²) in [5.74, 6) is -0.955. The maximum Gasteiger partial charge on any atom is 0.320 e. The van der Waals surface area contributed by atoms with Crippen LogP contribution in [-0.2, 0) is 9.59 Å². The Balaban J connectivity index is 1.95. The molecule has 5 nitrogen and oxygen atoms in total. The number of nitrogens with zero attached hydrogens (tertiary/aromatic N) is 1. The molecular weight excluding hydrogens is 292 g/mol. The fraction of sp³-hybridized carbons (Fsp3) is 0.556. The highest BCUT2D eigenvalue weighted by Gasteiger charge is 2.29. The van der Waals surface area contributed by atoms with E-state index >= 15 is 0 Å². The number of carbonyl (C=O) groups is 2. The highest BCUT2D eigenvalue weighted by Crippen LogP contribution is 2.18. The van der Waals surface area contributed by atoms with E-state index in [-0.39, 0.29) is 18.5 Å². The third-order valence-corrected chi connectivity index (χ3v) is 4.65. The molecule has 1 aromatic carbocycles. The van der Waals surface area contributed by atoms with Crippen LogP contribution in [0.5, 0.6) is 0 Å². The van der Waals surface area contributed by atoms with E-state index in [1.54, 1.807) is 4.90 Å². The first-order chi connectivity index (χ1) is 10.9. The molecule has 1 aliphatic heterocycles. The molecule has 1 heterocycles. The van der Waals surface area contributed by atoms with Crippen molar-refractivity contribution in [3.63, 3.8) is 0 Å². The number of carboxylic acid groups (broad SMARTS) is 1. The Morgan fingerprint density at radius 1 is 1.30 bits per heavy atom. The van der Waals surface area contributed by atoms with Gasteiger partial charge >= 0.3 is 5.97 Å². The number of rotatable bonds is 5. The highest BCUT2D eigenvalue weighted by atomic mass is 16.4. The molecule has 2 rings (SSSR count). The van der Waals surface area contributed by atoms with E-state index in [1.807, 2.05) is 13.0 Å². The number of carbonyl (C=O) groups excluding carboxylic acids is 1. The molecule has 2 unspecified atom stereocenters. The molecule has 0 saturated carbocycles. The van der Waals surface area contributed by atoms with E-state index in [0.717, 1.165) is 18.4 Å². The molecule has 0 aliphatic carbocycles. The Hall–Kier alpha value is -1.88. The molecule has 0 aromatic heterocycles. The minimum absolute atomic E-state index is 0.0881. The molecule has 0 spiro atoms. The zero-order valence-corrected chi connectivity index (χ0v) is 14.1. The second kappa shape index (κ2) is 7.59. The first kappa shape index (κ1) is 17.5. The summed E-state index contributed by atoms with van der Waals surface area (Å²) in [7, 11) is 0. The highest BCUT2D eigenvalue weighted by molar-refractivity contribution is 5.80. The van der Waals surface area contributed by atoms with Crippen LogP contribution in [0.4, 0.5) is 0 Å². The van der Waals surface area contributed by atoms with Crippen LogP contribution < -0.4 is 5.32 Å². The van der Waals surface area contributed by atoms with Gasteiger partial charge in [0.15, 0.2) is 0 Å². The third-order valence-electron chi connectivity index (χ3n) is 4.65. The second-order valence-corrected chi connectivity index (χ2v) is 6.45. The molecule has 1 aliphatic rings. The SMILES string of the molecule is Cc1ccc(C(C)NC(=O)CN2CCCCC2C(=O)O)cc1C. The van der Waals surface area contributed by atoms with Gasteiger partial charge in [0.1, 0.15) is 6.04 Å². The van der Waals surface area contributed by atoms with Crippen LogP contribution >= 0.6 is 0 Å². The number of amides is 1. The van der Waals surface area contributed by atoms with Crippen molar-refractivity contribution in [2.45, 2.75) is 52.1 Å². The van der Waals surface area contributed by atoms with Gasteiger partial charge in [-0.25, -0.2) is 0 Å². The van der Waals surface area contributed by atoms with Gasteiger partial charge in [0.05, 0.1) is 12.6 Å². The van der Waals surface area contributed by atoms with Gasteiger partial charge in [0.25, 0.3) is 0 Å². The van der Waals surface area contributed by atoms with Crippen LogP contribution in [-0.4, -0.2) is 41.0 Å². The molecule has 0 bridgehead atoms. The summed E-state index contributed by atoms with van der Waals surface area (Å²) in [4.78, 5) is 25.3. The third kappa shape index (κ3) is 4.55. The first-order valence-electron chi connectivity index (χ1n) is 8.22. The smallest absolute Gasteiger partial charge is 0.320 e. The van der Waals surface area contributed by atoms with Gasteiger partial charge in [-0.2, -0.15) is 0 Å². The number of aryl methyl sites for hydroxylation is 2. The molecule has 5 heteroatoms. The lowest BCUT2D eigenvalue weighted by Crippen LogP contribution is -2.49. The molecule has 1 aromatic rings. The van der Waals surface area contributed by atoms with Gasteiger partial charge in [-0.3, -0.25) is 14.5 Å². The molecule has 23 heavy (non-hydrogen) atoms. The van der Waals surface area contributed by atoms with Crippen molar-refractivity contribution in [3.8, 4) is 0 Å². The monoisotopic (exact) mass is 318 g/mol.